The molecule has 5 N–H and O–H groups in total. The Bertz CT molecular complexity index is 436. The molecule has 1 aromatic rings. The summed E-state index contributed by atoms with van der Waals surface area (Å²) in [7, 11) is 0. The third kappa shape index (κ3) is 5.48. The number of hydrogen-bond acceptors (Lipinski definition) is 3. The molecule has 0 aliphatic rings. The second-order valence-electron chi connectivity index (χ2n) is 3.91. The van der Waals surface area contributed by atoms with E-state index in [1.165, 1.54) is 12.1 Å². The van der Waals surface area contributed by atoms with Gasteiger partial charge in [0.2, 0.25) is 5.91 Å². The van der Waals surface area contributed by atoms with Gasteiger partial charge in [0.25, 0.3) is 0 Å². The van der Waals surface area contributed by atoms with Crippen LogP contribution in [0.1, 0.15) is 5.56 Å². The fraction of sp³-hybridized carbons (Fsp3) is 0.333. The molecule has 7 heteroatoms. The summed E-state index contributed by atoms with van der Waals surface area (Å²) in [6.07, 6.45) is 0.254. The Labute approximate surface area is 115 Å². The number of rotatable bonds is 6. The minimum atomic E-state index is -0.820. The molecule has 1 aromatic carbocycles. The second kappa shape index (κ2) is 7.48. The number of benzene rings is 1. The van der Waals surface area contributed by atoms with Crippen molar-refractivity contribution in [2.24, 2.45) is 5.73 Å². The lowest BCUT2D eigenvalue weighted by molar-refractivity contribution is -0.119. The molecule has 0 bridgehead atoms. The van der Waals surface area contributed by atoms with Gasteiger partial charge in [-0.3, -0.25) is 4.79 Å². The molecule has 0 saturated carbocycles. The Morgan fingerprint density at radius 3 is 2.47 bits per heavy atom. The number of hydrogen-bond donors (Lipinski definition) is 4. The number of urea groups is 1. The Kier molecular flexibility index (Phi) is 5.95. The number of nitrogens with one attached hydrogen (secondary N) is 2. The van der Waals surface area contributed by atoms with Crippen molar-refractivity contribution in [2.45, 2.75) is 12.5 Å². The molecule has 0 aromatic heterocycles. The molecule has 3 amide bonds. The maximum absolute atomic E-state index is 11.4. The highest BCUT2D eigenvalue weighted by molar-refractivity contribution is 6.18. The van der Waals surface area contributed by atoms with Crippen molar-refractivity contribution in [1.29, 1.82) is 0 Å². The van der Waals surface area contributed by atoms with Crippen molar-refractivity contribution in [3.63, 3.8) is 0 Å². The van der Waals surface area contributed by atoms with Gasteiger partial charge in [-0.15, -0.1) is 11.6 Å². The van der Waals surface area contributed by atoms with E-state index < -0.39 is 18.0 Å². The van der Waals surface area contributed by atoms with E-state index in [9.17, 15) is 9.59 Å². The number of primary amides is 1. The number of carbonyl (C=O) groups excluding carboxylic acids is 2. The average Bonchev–Trinajstić information content (AvgIpc) is 2.38. The van der Waals surface area contributed by atoms with Crippen LogP contribution in [0, 0.1) is 0 Å². The summed E-state index contributed by atoms with van der Waals surface area (Å²) in [5.74, 6) is -0.214. The fourth-order valence-electron chi connectivity index (χ4n) is 1.46. The van der Waals surface area contributed by atoms with Gasteiger partial charge in [0.1, 0.15) is 11.8 Å². The summed E-state index contributed by atoms with van der Waals surface area (Å²) in [5, 5.41) is 14.1. The van der Waals surface area contributed by atoms with Gasteiger partial charge in [-0.05, 0) is 17.7 Å². The Morgan fingerprint density at radius 1 is 1.32 bits per heavy atom. The lowest BCUT2D eigenvalue weighted by Gasteiger charge is -2.16. The van der Waals surface area contributed by atoms with E-state index in [-0.39, 0.29) is 18.1 Å². The second-order valence-corrected chi connectivity index (χ2v) is 4.29. The molecule has 19 heavy (non-hydrogen) atoms. The van der Waals surface area contributed by atoms with E-state index in [1.54, 1.807) is 12.1 Å². The highest BCUT2D eigenvalue weighted by Crippen LogP contribution is 2.11. The largest absolute Gasteiger partial charge is 0.508 e. The molecule has 0 fully saturated rings. The van der Waals surface area contributed by atoms with E-state index >= 15 is 0 Å². The maximum atomic E-state index is 11.4. The van der Waals surface area contributed by atoms with Crippen LogP contribution in [0.4, 0.5) is 4.79 Å². The zero-order chi connectivity index (χ0) is 14.3. The van der Waals surface area contributed by atoms with Crippen molar-refractivity contribution >= 4 is 23.5 Å². The standard InChI is InChI=1S/C12H16ClN3O3/c13-5-6-15-12(19)16-10(11(14)18)7-8-1-3-9(17)4-2-8/h1-4,10,17H,5-7H2,(H2,14,18)(H2,15,16,19)/t10-/m0/s1. The van der Waals surface area contributed by atoms with Gasteiger partial charge in [0.05, 0.1) is 0 Å². The van der Waals surface area contributed by atoms with E-state index in [0.29, 0.717) is 6.54 Å². The van der Waals surface area contributed by atoms with Gasteiger partial charge in [0, 0.05) is 18.8 Å². The molecular weight excluding hydrogens is 270 g/mol. The average molecular weight is 286 g/mol. The maximum Gasteiger partial charge on any atom is 0.315 e. The van der Waals surface area contributed by atoms with E-state index in [4.69, 9.17) is 22.4 Å². The monoisotopic (exact) mass is 285 g/mol. The predicted octanol–water partition coefficient (Wildman–Crippen LogP) is 0.327. The molecule has 6 nitrogen and oxygen atoms in total. The van der Waals surface area contributed by atoms with Crippen LogP contribution in [-0.4, -0.2) is 35.5 Å². The highest BCUT2D eigenvalue weighted by atomic mass is 35.5. The van der Waals surface area contributed by atoms with Crippen LogP contribution in [0.3, 0.4) is 0 Å². The summed E-state index contributed by atoms with van der Waals surface area (Å²) in [5.41, 5.74) is 6.01. The SMILES string of the molecule is NC(=O)[C@H](Cc1ccc(O)cc1)NC(=O)NCCCl. The van der Waals surface area contributed by atoms with E-state index in [0.717, 1.165) is 5.56 Å². The van der Waals surface area contributed by atoms with Crippen molar-refractivity contribution in [3.8, 4) is 5.75 Å². The molecule has 1 atom stereocenters. The van der Waals surface area contributed by atoms with Gasteiger partial charge in [-0.1, -0.05) is 12.1 Å². The van der Waals surface area contributed by atoms with Crippen molar-refractivity contribution in [2.75, 3.05) is 12.4 Å². The minimum Gasteiger partial charge on any atom is -0.508 e. The van der Waals surface area contributed by atoms with Crippen molar-refractivity contribution < 1.29 is 14.7 Å². The van der Waals surface area contributed by atoms with E-state index in [1.807, 2.05) is 0 Å². The molecule has 1 rings (SSSR count). The zero-order valence-corrected chi connectivity index (χ0v) is 11.0. The Balaban J connectivity index is 2.60. The first-order valence-corrected chi connectivity index (χ1v) is 6.24. The van der Waals surface area contributed by atoms with Crippen LogP contribution in [0.15, 0.2) is 24.3 Å². The van der Waals surface area contributed by atoms with Gasteiger partial charge < -0.3 is 21.5 Å². The summed E-state index contributed by atoms with van der Waals surface area (Å²) in [6.45, 7) is 0.304. The summed E-state index contributed by atoms with van der Waals surface area (Å²) < 4.78 is 0. The topological polar surface area (TPSA) is 104 Å². The van der Waals surface area contributed by atoms with Gasteiger partial charge in [-0.25, -0.2) is 4.79 Å². The van der Waals surface area contributed by atoms with Gasteiger partial charge >= 0.3 is 6.03 Å². The van der Waals surface area contributed by atoms with Crippen LogP contribution in [-0.2, 0) is 11.2 Å². The fourth-order valence-corrected chi connectivity index (χ4v) is 1.56. The van der Waals surface area contributed by atoms with Crippen LogP contribution in [0.25, 0.3) is 0 Å². The zero-order valence-electron chi connectivity index (χ0n) is 10.2. The van der Waals surface area contributed by atoms with Gasteiger partial charge in [-0.2, -0.15) is 0 Å². The summed E-state index contributed by atoms with van der Waals surface area (Å²) >= 11 is 5.43. The van der Waals surface area contributed by atoms with Crippen molar-refractivity contribution in [3.05, 3.63) is 29.8 Å². The molecule has 0 radical (unpaired) electrons. The number of halogens is 1. The van der Waals surface area contributed by atoms with Gasteiger partial charge in [0.15, 0.2) is 0 Å². The number of phenols is 1. The molecule has 0 spiro atoms. The molecule has 0 saturated heterocycles. The molecular formula is C12H16ClN3O3. The molecule has 104 valence electrons. The van der Waals surface area contributed by atoms with E-state index in [2.05, 4.69) is 10.6 Å². The number of alkyl halides is 1. The molecule has 0 aliphatic carbocycles. The first-order chi connectivity index (χ1) is 9.02. The first-order valence-electron chi connectivity index (χ1n) is 5.70. The number of aromatic hydroxyl groups is 1. The van der Waals surface area contributed by atoms with Crippen LogP contribution >= 0.6 is 11.6 Å². The van der Waals surface area contributed by atoms with Crippen molar-refractivity contribution in [1.82, 2.24) is 10.6 Å². The van der Waals surface area contributed by atoms with Crippen LogP contribution < -0.4 is 16.4 Å². The number of amides is 3. The number of carbonyl (C=O) groups is 2. The predicted molar refractivity (Wildman–Crippen MR) is 72.0 cm³/mol. The summed E-state index contributed by atoms with van der Waals surface area (Å²) in [6, 6.07) is 5.00. The first kappa shape index (κ1) is 15.1. The highest BCUT2D eigenvalue weighted by Gasteiger charge is 2.18. The van der Waals surface area contributed by atoms with Crippen LogP contribution in [0.5, 0.6) is 5.75 Å². The molecule has 0 aliphatic heterocycles. The number of nitrogens with two attached hydrogens (primary N) is 1. The normalized spacial score (nSPS) is 11.6. The summed E-state index contributed by atoms with van der Waals surface area (Å²) in [4.78, 5) is 22.7. The third-order valence-corrected chi connectivity index (χ3v) is 2.59. The smallest absolute Gasteiger partial charge is 0.315 e. The number of phenolic OH excluding ortho intramolecular Hbond substituents is 1. The third-order valence-electron chi connectivity index (χ3n) is 2.40. The quantitative estimate of drug-likeness (QED) is 0.566. The molecule has 0 unspecified atom stereocenters. The van der Waals surface area contributed by atoms with Crippen LogP contribution in [0.2, 0.25) is 0 Å². The Morgan fingerprint density at radius 2 is 1.95 bits per heavy atom. The molecule has 0 heterocycles. The minimum absolute atomic E-state index is 0.132. The Hall–Kier alpha value is -1.95. The lowest BCUT2D eigenvalue weighted by atomic mass is 10.1. The lowest BCUT2D eigenvalue weighted by Crippen LogP contribution is -2.49.